The molecule has 0 aromatic heterocycles. The van der Waals surface area contributed by atoms with Crippen molar-refractivity contribution >= 4 is 0 Å². The van der Waals surface area contributed by atoms with E-state index in [9.17, 15) is 5.11 Å². The van der Waals surface area contributed by atoms with Crippen molar-refractivity contribution < 1.29 is 28.8 Å². The zero-order valence-corrected chi connectivity index (χ0v) is 15.2. The fraction of sp³-hybridized carbons (Fsp3) is 0.400. The number of hydrogen-bond donors (Lipinski definition) is 1. The lowest BCUT2D eigenvalue weighted by Gasteiger charge is -2.42. The normalized spacial score (nSPS) is 26.0. The lowest BCUT2D eigenvalue weighted by molar-refractivity contribution is -0.171. The standard InChI is InChI=1S/C20H22O6/c1-11-19(13-6-5-12(22-3)7-15(13)23-4)14-8-17-18(25-10-24-17)9-16(14)26-20(11,2)21/h5-9,11,19,21H,10H2,1-4H3/t11-,19-,20-/m1/s1. The second-order valence-corrected chi connectivity index (χ2v) is 6.77. The highest BCUT2D eigenvalue weighted by atomic mass is 16.7. The van der Waals surface area contributed by atoms with Crippen LogP contribution in [-0.4, -0.2) is 31.9 Å². The van der Waals surface area contributed by atoms with Gasteiger partial charge in [0, 0.05) is 42.0 Å². The summed E-state index contributed by atoms with van der Waals surface area (Å²) in [5.74, 6) is 1.58. The Morgan fingerprint density at radius 3 is 2.42 bits per heavy atom. The summed E-state index contributed by atoms with van der Waals surface area (Å²) in [5.41, 5.74) is 1.88. The molecule has 2 aliphatic rings. The first kappa shape index (κ1) is 16.8. The van der Waals surface area contributed by atoms with Crippen LogP contribution in [0.25, 0.3) is 0 Å². The predicted molar refractivity (Wildman–Crippen MR) is 94.4 cm³/mol. The Balaban J connectivity index is 1.90. The average molecular weight is 358 g/mol. The summed E-state index contributed by atoms with van der Waals surface area (Å²) in [6.07, 6.45) is 0. The summed E-state index contributed by atoms with van der Waals surface area (Å²) >= 11 is 0. The molecule has 6 nitrogen and oxygen atoms in total. The maximum atomic E-state index is 10.9. The molecule has 26 heavy (non-hydrogen) atoms. The molecule has 0 aliphatic carbocycles. The fourth-order valence-electron chi connectivity index (χ4n) is 3.68. The first-order valence-electron chi connectivity index (χ1n) is 8.51. The maximum Gasteiger partial charge on any atom is 0.231 e. The number of benzene rings is 2. The third kappa shape index (κ3) is 2.52. The van der Waals surface area contributed by atoms with E-state index in [2.05, 4.69) is 0 Å². The molecule has 0 spiro atoms. The van der Waals surface area contributed by atoms with Gasteiger partial charge in [0.2, 0.25) is 12.6 Å². The van der Waals surface area contributed by atoms with Crippen molar-refractivity contribution in [3.05, 3.63) is 41.5 Å². The Morgan fingerprint density at radius 1 is 1.00 bits per heavy atom. The second kappa shape index (κ2) is 5.99. The van der Waals surface area contributed by atoms with E-state index >= 15 is 0 Å². The van der Waals surface area contributed by atoms with Crippen LogP contribution in [0.1, 0.15) is 30.9 Å². The highest BCUT2D eigenvalue weighted by molar-refractivity contribution is 5.58. The zero-order chi connectivity index (χ0) is 18.5. The molecular formula is C20H22O6. The largest absolute Gasteiger partial charge is 0.497 e. The number of rotatable bonds is 3. The van der Waals surface area contributed by atoms with E-state index in [4.69, 9.17) is 23.7 Å². The SMILES string of the molecule is COc1ccc([C@@H]2c3cc4c(cc3O[C@@](C)(O)[C@@H]2C)OCO4)c(OC)c1. The van der Waals surface area contributed by atoms with Crippen molar-refractivity contribution in [3.8, 4) is 28.7 Å². The van der Waals surface area contributed by atoms with E-state index in [0.29, 0.717) is 28.7 Å². The van der Waals surface area contributed by atoms with Gasteiger partial charge in [0.05, 0.1) is 14.2 Å². The van der Waals surface area contributed by atoms with E-state index < -0.39 is 5.79 Å². The van der Waals surface area contributed by atoms with Crippen LogP contribution in [0.15, 0.2) is 30.3 Å². The summed E-state index contributed by atoms with van der Waals surface area (Å²) in [4.78, 5) is 0. The predicted octanol–water partition coefficient (Wildman–Crippen LogP) is 3.30. The topological polar surface area (TPSA) is 66.4 Å². The summed E-state index contributed by atoms with van der Waals surface area (Å²) in [6, 6.07) is 9.41. The monoisotopic (exact) mass is 358 g/mol. The number of hydrogen-bond acceptors (Lipinski definition) is 6. The lowest BCUT2D eigenvalue weighted by atomic mass is 9.75. The molecular weight excluding hydrogens is 336 g/mol. The average Bonchev–Trinajstić information content (AvgIpc) is 3.08. The Hall–Kier alpha value is -2.60. The van der Waals surface area contributed by atoms with E-state index in [1.54, 1.807) is 27.2 Å². The van der Waals surface area contributed by atoms with Crippen LogP contribution in [-0.2, 0) is 0 Å². The fourth-order valence-corrected chi connectivity index (χ4v) is 3.68. The van der Waals surface area contributed by atoms with Crippen molar-refractivity contribution in [2.45, 2.75) is 25.6 Å². The highest BCUT2D eigenvalue weighted by Gasteiger charge is 2.45. The van der Waals surface area contributed by atoms with Gasteiger partial charge in [-0.3, -0.25) is 0 Å². The van der Waals surface area contributed by atoms with Crippen molar-refractivity contribution in [1.82, 2.24) is 0 Å². The Morgan fingerprint density at radius 2 is 1.73 bits per heavy atom. The molecule has 0 unspecified atom stereocenters. The van der Waals surface area contributed by atoms with Crippen molar-refractivity contribution in [2.24, 2.45) is 5.92 Å². The number of ether oxygens (including phenoxy) is 5. The van der Waals surface area contributed by atoms with Gasteiger partial charge in [0.25, 0.3) is 0 Å². The van der Waals surface area contributed by atoms with Crippen LogP contribution in [0.4, 0.5) is 0 Å². The van der Waals surface area contributed by atoms with Crippen molar-refractivity contribution in [1.29, 1.82) is 0 Å². The van der Waals surface area contributed by atoms with Gasteiger partial charge in [-0.15, -0.1) is 0 Å². The number of aliphatic hydroxyl groups is 1. The Kier molecular flexibility index (Phi) is 3.88. The summed E-state index contributed by atoms with van der Waals surface area (Å²) in [5, 5.41) is 10.9. The molecule has 0 saturated carbocycles. The first-order valence-corrected chi connectivity index (χ1v) is 8.51. The molecule has 0 bridgehead atoms. The molecule has 1 N–H and O–H groups in total. The van der Waals surface area contributed by atoms with Crippen LogP contribution in [0.5, 0.6) is 28.7 Å². The minimum Gasteiger partial charge on any atom is -0.497 e. The molecule has 0 amide bonds. The van der Waals surface area contributed by atoms with Gasteiger partial charge in [0.1, 0.15) is 17.2 Å². The summed E-state index contributed by atoms with van der Waals surface area (Å²) < 4.78 is 27.8. The molecule has 4 rings (SSSR count). The summed E-state index contributed by atoms with van der Waals surface area (Å²) in [7, 11) is 3.24. The minimum absolute atomic E-state index is 0.149. The molecule has 2 heterocycles. The summed E-state index contributed by atoms with van der Waals surface area (Å²) in [6.45, 7) is 3.82. The van der Waals surface area contributed by atoms with Crippen LogP contribution >= 0.6 is 0 Å². The Bertz CT molecular complexity index is 844. The quantitative estimate of drug-likeness (QED) is 0.908. The first-order chi connectivity index (χ1) is 12.4. The lowest BCUT2D eigenvalue weighted by Crippen LogP contribution is -2.45. The molecule has 138 valence electrons. The maximum absolute atomic E-state index is 10.9. The molecule has 3 atom stereocenters. The van der Waals surface area contributed by atoms with E-state index in [1.165, 1.54) is 0 Å². The van der Waals surface area contributed by atoms with Gasteiger partial charge in [-0.2, -0.15) is 0 Å². The Labute approximate surface area is 152 Å². The molecule has 0 radical (unpaired) electrons. The minimum atomic E-state index is -1.34. The van der Waals surface area contributed by atoms with Gasteiger partial charge in [-0.1, -0.05) is 13.0 Å². The van der Waals surface area contributed by atoms with Gasteiger partial charge in [0.15, 0.2) is 11.5 Å². The van der Waals surface area contributed by atoms with E-state index in [0.717, 1.165) is 11.1 Å². The number of methoxy groups -OCH3 is 2. The van der Waals surface area contributed by atoms with Crippen molar-refractivity contribution in [3.63, 3.8) is 0 Å². The van der Waals surface area contributed by atoms with E-state index in [-0.39, 0.29) is 18.6 Å². The molecule has 2 aromatic carbocycles. The van der Waals surface area contributed by atoms with Gasteiger partial charge in [-0.25, -0.2) is 0 Å². The second-order valence-electron chi connectivity index (χ2n) is 6.77. The highest BCUT2D eigenvalue weighted by Crippen LogP contribution is 2.53. The van der Waals surface area contributed by atoms with Crippen LogP contribution in [0, 0.1) is 5.92 Å². The van der Waals surface area contributed by atoms with Crippen LogP contribution in [0.2, 0.25) is 0 Å². The van der Waals surface area contributed by atoms with Crippen LogP contribution < -0.4 is 23.7 Å². The zero-order valence-electron chi connectivity index (χ0n) is 15.2. The third-order valence-corrected chi connectivity index (χ3v) is 5.28. The molecule has 0 fully saturated rings. The van der Waals surface area contributed by atoms with E-state index in [1.807, 2.05) is 31.2 Å². The molecule has 2 aliphatic heterocycles. The van der Waals surface area contributed by atoms with Gasteiger partial charge >= 0.3 is 0 Å². The van der Waals surface area contributed by atoms with Gasteiger partial charge in [-0.05, 0) is 12.1 Å². The smallest absolute Gasteiger partial charge is 0.231 e. The third-order valence-electron chi connectivity index (χ3n) is 5.28. The molecule has 6 heteroatoms. The number of fused-ring (bicyclic) bond motifs is 2. The molecule has 2 aromatic rings. The molecule has 0 saturated heterocycles. The van der Waals surface area contributed by atoms with Crippen LogP contribution in [0.3, 0.4) is 0 Å². The van der Waals surface area contributed by atoms with Crippen molar-refractivity contribution in [2.75, 3.05) is 21.0 Å². The van der Waals surface area contributed by atoms with Gasteiger partial charge < -0.3 is 28.8 Å².